The molecule has 0 amide bonds. The maximum Gasteiger partial charge on any atom is 0.129 e. The quantitative estimate of drug-likeness (QED) is 0.742. The van der Waals surface area contributed by atoms with Gasteiger partial charge in [-0.05, 0) is 24.6 Å². The van der Waals surface area contributed by atoms with Crippen LogP contribution >= 0.6 is 0 Å². The molecule has 1 rings (SSSR count). The van der Waals surface area contributed by atoms with Crippen LogP contribution in [0.15, 0.2) is 37.4 Å². The average molecular weight is 218 g/mol. The van der Waals surface area contributed by atoms with Gasteiger partial charge in [0.1, 0.15) is 5.82 Å². The van der Waals surface area contributed by atoms with Gasteiger partial charge in [0.05, 0.1) is 6.61 Å². The van der Waals surface area contributed by atoms with E-state index in [2.05, 4.69) is 18.1 Å². The molecule has 0 spiro atoms. The Kier molecular flexibility index (Phi) is 4.73. The van der Waals surface area contributed by atoms with E-state index in [0.717, 1.165) is 17.1 Å². The Morgan fingerprint density at radius 2 is 1.94 bits per heavy atom. The lowest BCUT2D eigenvalue weighted by atomic mass is 10.2. The summed E-state index contributed by atoms with van der Waals surface area (Å²) in [4.78, 5) is 6.49. The molecule has 0 atom stereocenters. The fraction of sp³-hybridized carbons (Fsp3) is 0.308. The largest absolute Gasteiger partial charge is 0.392 e. The van der Waals surface area contributed by atoms with Gasteiger partial charge in [0.2, 0.25) is 0 Å². The molecule has 0 bridgehead atoms. The van der Waals surface area contributed by atoms with Crippen molar-refractivity contribution in [2.45, 2.75) is 13.5 Å². The van der Waals surface area contributed by atoms with Crippen LogP contribution in [0.1, 0.15) is 11.3 Å². The van der Waals surface area contributed by atoms with Crippen LogP contribution in [-0.2, 0) is 6.61 Å². The molecule has 3 nitrogen and oxygen atoms in total. The highest BCUT2D eigenvalue weighted by Gasteiger charge is 2.06. The third-order valence-corrected chi connectivity index (χ3v) is 2.21. The summed E-state index contributed by atoms with van der Waals surface area (Å²) in [6.07, 6.45) is 3.65. The Morgan fingerprint density at radius 1 is 1.31 bits per heavy atom. The number of aliphatic hydroxyl groups is 1. The van der Waals surface area contributed by atoms with Gasteiger partial charge < -0.3 is 10.0 Å². The number of nitrogens with zero attached hydrogens (tertiary/aromatic N) is 2. The topological polar surface area (TPSA) is 36.4 Å². The molecule has 86 valence electrons. The summed E-state index contributed by atoms with van der Waals surface area (Å²) in [5, 5.41) is 9.14. The molecule has 0 saturated carbocycles. The summed E-state index contributed by atoms with van der Waals surface area (Å²) < 4.78 is 0. The molecular weight excluding hydrogens is 200 g/mol. The number of aryl methyl sites for hydroxylation is 1. The van der Waals surface area contributed by atoms with E-state index in [1.807, 2.05) is 36.1 Å². The number of pyridine rings is 1. The van der Waals surface area contributed by atoms with E-state index in [0.29, 0.717) is 13.1 Å². The Bertz CT molecular complexity index is 364. The van der Waals surface area contributed by atoms with Gasteiger partial charge in [-0.2, -0.15) is 0 Å². The van der Waals surface area contributed by atoms with Gasteiger partial charge in [-0.3, -0.25) is 0 Å². The summed E-state index contributed by atoms with van der Waals surface area (Å²) in [7, 11) is 0. The number of anilines is 1. The number of aliphatic hydroxyl groups excluding tert-OH is 1. The van der Waals surface area contributed by atoms with Crippen molar-refractivity contribution in [2.75, 3.05) is 18.0 Å². The van der Waals surface area contributed by atoms with Gasteiger partial charge in [-0.1, -0.05) is 12.2 Å². The SMILES string of the molecule is C=CCN(CC=C)c1cc(CO)cc(C)n1. The lowest BCUT2D eigenvalue weighted by Crippen LogP contribution is -2.24. The maximum absolute atomic E-state index is 9.14. The van der Waals surface area contributed by atoms with Gasteiger partial charge in [0, 0.05) is 18.8 Å². The molecule has 0 fully saturated rings. The van der Waals surface area contributed by atoms with Crippen molar-refractivity contribution in [3.8, 4) is 0 Å². The minimum atomic E-state index is 0.0341. The Balaban J connectivity index is 3.01. The standard InChI is InChI=1S/C13H18N2O/c1-4-6-15(7-5-2)13-9-12(10-16)8-11(3)14-13/h4-5,8-9,16H,1-2,6-7,10H2,3H3. The Hall–Kier alpha value is -1.61. The highest BCUT2D eigenvalue weighted by molar-refractivity contribution is 5.43. The second kappa shape index (κ2) is 6.08. The van der Waals surface area contributed by atoms with Gasteiger partial charge in [-0.25, -0.2) is 4.98 Å². The van der Waals surface area contributed by atoms with Crippen molar-refractivity contribution in [3.05, 3.63) is 48.7 Å². The number of rotatable bonds is 6. The van der Waals surface area contributed by atoms with Crippen LogP contribution in [0.3, 0.4) is 0 Å². The molecule has 0 aliphatic rings. The number of aromatic nitrogens is 1. The Labute approximate surface area is 96.7 Å². The van der Waals surface area contributed by atoms with Crippen molar-refractivity contribution in [2.24, 2.45) is 0 Å². The number of hydrogen-bond acceptors (Lipinski definition) is 3. The summed E-state index contributed by atoms with van der Waals surface area (Å²) in [5.74, 6) is 0.851. The van der Waals surface area contributed by atoms with Gasteiger partial charge in [-0.15, -0.1) is 13.2 Å². The Morgan fingerprint density at radius 3 is 2.44 bits per heavy atom. The smallest absolute Gasteiger partial charge is 0.129 e. The molecule has 0 saturated heterocycles. The first-order chi connectivity index (χ1) is 7.71. The van der Waals surface area contributed by atoms with Crippen molar-refractivity contribution in [1.29, 1.82) is 0 Å². The summed E-state index contributed by atoms with van der Waals surface area (Å²) in [5.41, 5.74) is 1.78. The lowest BCUT2D eigenvalue weighted by Gasteiger charge is -2.21. The first-order valence-electron chi connectivity index (χ1n) is 5.26. The van der Waals surface area contributed by atoms with E-state index >= 15 is 0 Å². The van der Waals surface area contributed by atoms with Crippen LogP contribution in [0.4, 0.5) is 5.82 Å². The zero-order chi connectivity index (χ0) is 12.0. The van der Waals surface area contributed by atoms with Crippen LogP contribution in [0.2, 0.25) is 0 Å². The van der Waals surface area contributed by atoms with Crippen LogP contribution in [0.5, 0.6) is 0 Å². The maximum atomic E-state index is 9.14. The predicted octanol–water partition coefficient (Wildman–Crippen LogP) is 2.06. The zero-order valence-electron chi connectivity index (χ0n) is 9.69. The molecule has 0 unspecified atom stereocenters. The van der Waals surface area contributed by atoms with E-state index in [9.17, 15) is 0 Å². The summed E-state index contributed by atoms with van der Waals surface area (Å²) in [6.45, 7) is 10.8. The molecule has 1 aromatic heterocycles. The highest BCUT2D eigenvalue weighted by Crippen LogP contribution is 2.15. The third kappa shape index (κ3) is 3.21. The van der Waals surface area contributed by atoms with Gasteiger partial charge in [0.15, 0.2) is 0 Å². The van der Waals surface area contributed by atoms with Gasteiger partial charge >= 0.3 is 0 Å². The monoisotopic (exact) mass is 218 g/mol. The molecule has 0 aliphatic carbocycles. The van der Waals surface area contributed by atoms with E-state index in [4.69, 9.17) is 5.11 Å². The van der Waals surface area contributed by atoms with Crippen LogP contribution in [0.25, 0.3) is 0 Å². The summed E-state index contributed by atoms with van der Waals surface area (Å²) in [6, 6.07) is 3.77. The highest BCUT2D eigenvalue weighted by atomic mass is 16.3. The second-order valence-corrected chi connectivity index (χ2v) is 3.62. The van der Waals surface area contributed by atoms with E-state index in [-0.39, 0.29) is 6.61 Å². The van der Waals surface area contributed by atoms with Crippen molar-refractivity contribution >= 4 is 5.82 Å². The predicted molar refractivity (Wildman–Crippen MR) is 67.5 cm³/mol. The fourth-order valence-electron chi connectivity index (χ4n) is 1.55. The lowest BCUT2D eigenvalue weighted by molar-refractivity contribution is 0.281. The first-order valence-corrected chi connectivity index (χ1v) is 5.26. The van der Waals surface area contributed by atoms with Gasteiger partial charge in [0.25, 0.3) is 0 Å². The van der Waals surface area contributed by atoms with Crippen LogP contribution < -0.4 is 4.90 Å². The molecule has 0 aromatic carbocycles. The molecular formula is C13H18N2O. The van der Waals surface area contributed by atoms with E-state index in [1.54, 1.807) is 0 Å². The van der Waals surface area contributed by atoms with E-state index in [1.165, 1.54) is 0 Å². The normalized spacial score (nSPS) is 9.88. The van der Waals surface area contributed by atoms with Crippen molar-refractivity contribution < 1.29 is 5.11 Å². The molecule has 0 radical (unpaired) electrons. The fourth-order valence-corrected chi connectivity index (χ4v) is 1.55. The van der Waals surface area contributed by atoms with Crippen LogP contribution in [0, 0.1) is 6.92 Å². The van der Waals surface area contributed by atoms with Crippen molar-refractivity contribution in [1.82, 2.24) is 4.98 Å². The minimum absolute atomic E-state index is 0.0341. The second-order valence-electron chi connectivity index (χ2n) is 3.62. The first kappa shape index (κ1) is 12.5. The molecule has 0 aliphatic heterocycles. The minimum Gasteiger partial charge on any atom is -0.392 e. The average Bonchev–Trinajstić information content (AvgIpc) is 2.28. The molecule has 16 heavy (non-hydrogen) atoms. The van der Waals surface area contributed by atoms with Crippen molar-refractivity contribution in [3.63, 3.8) is 0 Å². The number of hydrogen-bond donors (Lipinski definition) is 1. The third-order valence-electron chi connectivity index (χ3n) is 2.21. The zero-order valence-corrected chi connectivity index (χ0v) is 9.69. The summed E-state index contributed by atoms with van der Waals surface area (Å²) >= 11 is 0. The molecule has 1 heterocycles. The van der Waals surface area contributed by atoms with E-state index < -0.39 is 0 Å². The molecule has 3 heteroatoms. The van der Waals surface area contributed by atoms with Crippen LogP contribution in [-0.4, -0.2) is 23.2 Å². The molecule has 1 N–H and O–H groups in total. The molecule has 1 aromatic rings.